The summed E-state index contributed by atoms with van der Waals surface area (Å²) >= 11 is 0. The normalized spacial score (nSPS) is 16.6. The largest absolute Gasteiger partial charge is 0.393 e. The van der Waals surface area contributed by atoms with Gasteiger partial charge in [0.25, 0.3) is 17.7 Å². The lowest BCUT2D eigenvalue weighted by Crippen LogP contribution is -2.33. The number of carbonyl (C=O) groups is 3. The molecule has 2 aliphatic heterocycles. The van der Waals surface area contributed by atoms with E-state index < -0.39 is 0 Å². The summed E-state index contributed by atoms with van der Waals surface area (Å²) < 4.78 is 0. The Labute approximate surface area is 161 Å². The molecule has 2 heterocycles. The van der Waals surface area contributed by atoms with E-state index in [1.807, 2.05) is 18.2 Å². The summed E-state index contributed by atoms with van der Waals surface area (Å²) in [5, 5.41) is 3.98. The predicted molar refractivity (Wildman–Crippen MR) is 103 cm³/mol. The van der Waals surface area contributed by atoms with Crippen molar-refractivity contribution in [2.75, 3.05) is 24.6 Å². The maximum absolute atomic E-state index is 12.6. The molecule has 0 radical (unpaired) electrons. The zero-order chi connectivity index (χ0) is 19.7. The van der Waals surface area contributed by atoms with Gasteiger partial charge in [0.05, 0.1) is 23.4 Å². The van der Waals surface area contributed by atoms with E-state index in [-0.39, 0.29) is 36.6 Å². The number of anilines is 1. The molecule has 140 valence electrons. The first-order valence-electron chi connectivity index (χ1n) is 8.81. The maximum Gasteiger partial charge on any atom is 0.281 e. The first kappa shape index (κ1) is 17.7. The number of carbonyl (C=O) groups excluding carboxylic acids is 3. The third-order valence-corrected chi connectivity index (χ3v) is 4.65. The molecule has 0 atom stereocenters. The van der Waals surface area contributed by atoms with E-state index in [9.17, 15) is 14.4 Å². The molecule has 0 bridgehead atoms. The molecule has 0 N–H and O–H groups in total. The van der Waals surface area contributed by atoms with Crippen molar-refractivity contribution in [3.05, 3.63) is 77.9 Å². The molecule has 2 aromatic rings. The fraction of sp³-hybridized carbons (Fsp3) is 0.143. The van der Waals surface area contributed by atoms with Crippen LogP contribution in [0.1, 0.15) is 26.3 Å². The van der Waals surface area contributed by atoms with Gasteiger partial charge in [-0.05, 0) is 18.2 Å². The molecule has 0 saturated carbocycles. The van der Waals surface area contributed by atoms with Gasteiger partial charge in [-0.3, -0.25) is 19.3 Å². The van der Waals surface area contributed by atoms with E-state index in [2.05, 4.69) is 11.7 Å². The second kappa shape index (κ2) is 7.11. The van der Waals surface area contributed by atoms with Crippen LogP contribution in [0, 0.1) is 0 Å². The van der Waals surface area contributed by atoms with Crippen molar-refractivity contribution in [3.63, 3.8) is 0 Å². The second-order valence-electron chi connectivity index (χ2n) is 6.30. The topological polar surface area (TPSA) is 79.3 Å². The summed E-state index contributed by atoms with van der Waals surface area (Å²) in [5.74, 6) is -0.977. The summed E-state index contributed by atoms with van der Waals surface area (Å²) in [6, 6.07) is 14.0. The third kappa shape index (κ3) is 2.77. The molecule has 7 nitrogen and oxygen atoms in total. The van der Waals surface area contributed by atoms with Crippen molar-refractivity contribution in [1.29, 1.82) is 0 Å². The first-order valence-corrected chi connectivity index (χ1v) is 8.81. The Morgan fingerprint density at radius 1 is 0.857 bits per heavy atom. The molecule has 0 fully saturated rings. The number of fused-ring (bicyclic) bond motifs is 2. The predicted octanol–water partition coefficient (Wildman–Crippen LogP) is 2.24. The molecule has 4 rings (SSSR count). The van der Waals surface area contributed by atoms with E-state index >= 15 is 0 Å². The number of nitrogens with zero attached hydrogens (tertiary/aromatic N) is 3. The summed E-state index contributed by atoms with van der Waals surface area (Å²) in [5.41, 5.74) is 2.39. The molecule has 0 aromatic heterocycles. The molecule has 7 heteroatoms. The molecule has 28 heavy (non-hydrogen) atoms. The third-order valence-electron chi connectivity index (χ3n) is 4.65. The summed E-state index contributed by atoms with van der Waals surface area (Å²) in [6.45, 7) is 4.08. The Balaban J connectivity index is 1.45. The lowest BCUT2D eigenvalue weighted by atomic mass is 10.1. The van der Waals surface area contributed by atoms with Crippen LogP contribution in [0.4, 0.5) is 5.69 Å². The van der Waals surface area contributed by atoms with Crippen molar-refractivity contribution >= 4 is 29.1 Å². The van der Waals surface area contributed by atoms with Crippen LogP contribution in [0.5, 0.6) is 0 Å². The van der Waals surface area contributed by atoms with Gasteiger partial charge in [0.1, 0.15) is 6.61 Å². The molecule has 0 aliphatic carbocycles. The van der Waals surface area contributed by atoms with Crippen LogP contribution in [0.25, 0.3) is 0 Å². The molecule has 2 aliphatic rings. The number of amides is 3. The van der Waals surface area contributed by atoms with E-state index in [0.717, 1.165) is 10.6 Å². The Morgan fingerprint density at radius 2 is 1.46 bits per heavy atom. The van der Waals surface area contributed by atoms with Gasteiger partial charge in [0.15, 0.2) is 5.71 Å². The molecule has 3 amide bonds. The first-order chi connectivity index (χ1) is 13.6. The van der Waals surface area contributed by atoms with Gasteiger partial charge in [-0.2, -0.15) is 0 Å². The van der Waals surface area contributed by atoms with Gasteiger partial charge in [-0.15, -0.1) is 6.58 Å². The highest BCUT2D eigenvalue weighted by Crippen LogP contribution is 2.29. The van der Waals surface area contributed by atoms with Crippen LogP contribution in [0.2, 0.25) is 0 Å². The van der Waals surface area contributed by atoms with Gasteiger partial charge < -0.3 is 9.74 Å². The molecule has 0 saturated heterocycles. The molecule has 2 aromatic carbocycles. The van der Waals surface area contributed by atoms with E-state index in [1.54, 1.807) is 41.3 Å². The fourth-order valence-electron chi connectivity index (χ4n) is 3.34. The summed E-state index contributed by atoms with van der Waals surface area (Å²) in [7, 11) is 0. The highest BCUT2D eigenvalue weighted by molar-refractivity contribution is 6.54. The number of para-hydroxylation sites is 1. The zero-order valence-electron chi connectivity index (χ0n) is 15.0. The van der Waals surface area contributed by atoms with Crippen LogP contribution in [0.3, 0.4) is 0 Å². The van der Waals surface area contributed by atoms with Gasteiger partial charge in [-0.25, -0.2) is 0 Å². The van der Waals surface area contributed by atoms with Crippen molar-refractivity contribution in [2.45, 2.75) is 0 Å². The smallest absolute Gasteiger partial charge is 0.281 e. The van der Waals surface area contributed by atoms with Gasteiger partial charge in [-0.1, -0.05) is 41.6 Å². The quantitative estimate of drug-likeness (QED) is 0.336. The number of hydrogen-bond donors (Lipinski definition) is 0. The minimum absolute atomic E-state index is 0.00806. The molecule has 0 unspecified atom stereocenters. The lowest BCUT2D eigenvalue weighted by Gasteiger charge is -2.13. The van der Waals surface area contributed by atoms with Crippen molar-refractivity contribution < 1.29 is 19.2 Å². The highest BCUT2D eigenvalue weighted by Gasteiger charge is 2.35. The maximum atomic E-state index is 12.6. The Bertz CT molecular complexity index is 993. The fourth-order valence-corrected chi connectivity index (χ4v) is 3.34. The zero-order valence-corrected chi connectivity index (χ0v) is 15.0. The minimum Gasteiger partial charge on any atom is -0.393 e. The van der Waals surface area contributed by atoms with Crippen molar-refractivity contribution in [3.8, 4) is 0 Å². The van der Waals surface area contributed by atoms with Crippen LogP contribution < -0.4 is 4.90 Å². The van der Waals surface area contributed by atoms with Crippen LogP contribution in [-0.2, 0) is 9.63 Å². The van der Waals surface area contributed by atoms with Crippen LogP contribution in [0.15, 0.2) is 66.3 Å². The Kier molecular flexibility index (Phi) is 4.49. The number of benzene rings is 2. The standard InChI is InChI=1S/C21H17N3O4/c1-2-11-23-17-10-6-5-9-16(17)18(21(23)27)22-28-13-12-24-19(25)14-7-3-4-8-15(14)20(24)26/h2-10H,1,11-13H2/b22-18-. The van der Waals surface area contributed by atoms with Gasteiger partial charge in [0.2, 0.25) is 0 Å². The second-order valence-corrected chi connectivity index (χ2v) is 6.30. The molecular weight excluding hydrogens is 358 g/mol. The number of oxime groups is 1. The number of rotatable bonds is 6. The van der Waals surface area contributed by atoms with Crippen LogP contribution >= 0.6 is 0 Å². The highest BCUT2D eigenvalue weighted by atomic mass is 16.6. The van der Waals surface area contributed by atoms with E-state index in [4.69, 9.17) is 4.84 Å². The molecular formula is C21H17N3O4. The van der Waals surface area contributed by atoms with Crippen LogP contribution in [-0.4, -0.2) is 48.0 Å². The van der Waals surface area contributed by atoms with Gasteiger partial charge in [0, 0.05) is 12.1 Å². The monoisotopic (exact) mass is 375 g/mol. The van der Waals surface area contributed by atoms with Crippen molar-refractivity contribution in [1.82, 2.24) is 4.90 Å². The average molecular weight is 375 g/mol. The van der Waals surface area contributed by atoms with E-state index in [1.165, 1.54) is 0 Å². The molecule has 0 spiro atoms. The summed E-state index contributed by atoms with van der Waals surface area (Å²) in [4.78, 5) is 45.3. The van der Waals surface area contributed by atoms with Crippen molar-refractivity contribution in [2.24, 2.45) is 5.16 Å². The van der Waals surface area contributed by atoms with Gasteiger partial charge >= 0.3 is 0 Å². The SMILES string of the molecule is C=CCN1C(=O)/C(=N\OCCN2C(=O)c3ccccc3C2=O)c2ccccc21. The minimum atomic E-state index is -0.351. The lowest BCUT2D eigenvalue weighted by molar-refractivity contribution is -0.112. The Hall–Kier alpha value is -3.74. The average Bonchev–Trinajstić information content (AvgIpc) is 3.12. The Morgan fingerprint density at radius 3 is 2.11 bits per heavy atom. The number of imide groups is 1. The summed E-state index contributed by atoms with van der Waals surface area (Å²) in [6.07, 6.45) is 1.64. The van der Waals surface area contributed by atoms with E-state index in [0.29, 0.717) is 23.2 Å². The number of hydrogen-bond acceptors (Lipinski definition) is 5.